The van der Waals surface area contributed by atoms with Crippen LogP contribution in [-0.4, -0.2) is 24.8 Å². The van der Waals surface area contributed by atoms with E-state index in [0.717, 1.165) is 24.9 Å². The predicted octanol–water partition coefficient (Wildman–Crippen LogP) is 3.89. The standard InChI is InChI=1S/C17H31NO/c1-2-14-8-5-9-17(11-14)13-18-12-16(19-17)10-15-6-3-4-7-15/h14-16,18H,2-13H2,1H3. The SMILES string of the molecule is CCC1CCCC2(CNCC(CC3CCCC3)O2)C1. The second-order valence-electron chi connectivity index (χ2n) is 7.31. The van der Waals surface area contributed by atoms with Crippen LogP contribution >= 0.6 is 0 Å². The van der Waals surface area contributed by atoms with Gasteiger partial charge in [-0.05, 0) is 31.1 Å². The van der Waals surface area contributed by atoms with Gasteiger partial charge >= 0.3 is 0 Å². The summed E-state index contributed by atoms with van der Waals surface area (Å²) in [6.07, 6.45) is 14.3. The third-order valence-corrected chi connectivity index (χ3v) is 5.79. The molecule has 110 valence electrons. The summed E-state index contributed by atoms with van der Waals surface area (Å²) in [6, 6.07) is 0. The summed E-state index contributed by atoms with van der Waals surface area (Å²) in [5.41, 5.74) is 0.195. The second-order valence-corrected chi connectivity index (χ2v) is 7.31. The molecule has 3 aliphatic rings. The number of nitrogens with one attached hydrogen (secondary N) is 1. The minimum absolute atomic E-state index is 0.195. The zero-order chi connectivity index (χ0) is 13.1. The van der Waals surface area contributed by atoms with Crippen LogP contribution in [0.1, 0.15) is 71.1 Å². The molecule has 3 unspecified atom stereocenters. The van der Waals surface area contributed by atoms with Crippen LogP contribution in [-0.2, 0) is 4.74 Å². The molecular weight excluding hydrogens is 234 g/mol. The van der Waals surface area contributed by atoms with Gasteiger partial charge in [0, 0.05) is 13.1 Å². The average Bonchev–Trinajstić information content (AvgIpc) is 2.92. The Balaban J connectivity index is 1.57. The first-order valence-corrected chi connectivity index (χ1v) is 8.68. The van der Waals surface area contributed by atoms with E-state index < -0.39 is 0 Å². The lowest BCUT2D eigenvalue weighted by molar-refractivity contribution is -0.147. The summed E-state index contributed by atoms with van der Waals surface area (Å²) < 4.78 is 6.65. The van der Waals surface area contributed by atoms with Gasteiger partial charge in [-0.1, -0.05) is 51.9 Å². The number of ether oxygens (including phenoxy) is 1. The zero-order valence-corrected chi connectivity index (χ0v) is 12.6. The highest BCUT2D eigenvalue weighted by atomic mass is 16.5. The molecule has 0 aromatic rings. The Morgan fingerprint density at radius 2 is 1.89 bits per heavy atom. The van der Waals surface area contributed by atoms with Crippen molar-refractivity contribution in [3.63, 3.8) is 0 Å². The van der Waals surface area contributed by atoms with E-state index in [9.17, 15) is 0 Å². The summed E-state index contributed by atoms with van der Waals surface area (Å²) in [4.78, 5) is 0. The number of hydrogen-bond donors (Lipinski definition) is 1. The molecule has 1 N–H and O–H groups in total. The Kier molecular flexibility index (Phi) is 4.48. The molecule has 1 spiro atoms. The van der Waals surface area contributed by atoms with Crippen molar-refractivity contribution in [2.75, 3.05) is 13.1 Å². The molecule has 3 atom stereocenters. The second kappa shape index (κ2) is 6.13. The van der Waals surface area contributed by atoms with Crippen LogP contribution in [0.4, 0.5) is 0 Å². The Morgan fingerprint density at radius 1 is 1.11 bits per heavy atom. The van der Waals surface area contributed by atoms with Crippen molar-refractivity contribution in [3.05, 3.63) is 0 Å². The van der Waals surface area contributed by atoms with E-state index in [2.05, 4.69) is 12.2 Å². The third kappa shape index (κ3) is 3.33. The monoisotopic (exact) mass is 265 g/mol. The molecule has 2 aliphatic carbocycles. The van der Waals surface area contributed by atoms with Crippen LogP contribution in [0.2, 0.25) is 0 Å². The number of rotatable bonds is 3. The molecule has 2 saturated carbocycles. The van der Waals surface area contributed by atoms with E-state index in [1.54, 1.807) is 0 Å². The van der Waals surface area contributed by atoms with Gasteiger partial charge in [-0.15, -0.1) is 0 Å². The number of morpholine rings is 1. The van der Waals surface area contributed by atoms with E-state index in [4.69, 9.17) is 4.74 Å². The van der Waals surface area contributed by atoms with Crippen molar-refractivity contribution < 1.29 is 4.74 Å². The molecular formula is C17H31NO. The molecule has 1 saturated heterocycles. The summed E-state index contributed by atoms with van der Waals surface area (Å²) in [7, 11) is 0. The largest absolute Gasteiger partial charge is 0.369 e. The summed E-state index contributed by atoms with van der Waals surface area (Å²) >= 11 is 0. The average molecular weight is 265 g/mol. The Labute approximate surface area is 118 Å². The van der Waals surface area contributed by atoms with Gasteiger partial charge < -0.3 is 10.1 Å². The Bertz CT molecular complexity index is 283. The summed E-state index contributed by atoms with van der Waals surface area (Å²) in [6.45, 7) is 4.54. The van der Waals surface area contributed by atoms with Gasteiger partial charge in [0.1, 0.15) is 0 Å². The highest BCUT2D eigenvalue weighted by Gasteiger charge is 2.41. The highest BCUT2D eigenvalue weighted by Crippen LogP contribution is 2.40. The van der Waals surface area contributed by atoms with Crippen LogP contribution in [0.5, 0.6) is 0 Å². The van der Waals surface area contributed by atoms with E-state index in [1.165, 1.54) is 64.2 Å². The van der Waals surface area contributed by atoms with Gasteiger partial charge in [0.05, 0.1) is 11.7 Å². The Morgan fingerprint density at radius 3 is 2.68 bits per heavy atom. The van der Waals surface area contributed by atoms with E-state index >= 15 is 0 Å². The fourth-order valence-corrected chi connectivity index (χ4v) is 4.71. The molecule has 3 rings (SSSR count). The molecule has 0 aromatic carbocycles. The van der Waals surface area contributed by atoms with Crippen molar-refractivity contribution in [3.8, 4) is 0 Å². The smallest absolute Gasteiger partial charge is 0.0813 e. The van der Waals surface area contributed by atoms with Crippen LogP contribution in [0.3, 0.4) is 0 Å². The van der Waals surface area contributed by atoms with Crippen molar-refractivity contribution >= 4 is 0 Å². The fraction of sp³-hybridized carbons (Fsp3) is 1.00. The quantitative estimate of drug-likeness (QED) is 0.836. The molecule has 0 bridgehead atoms. The van der Waals surface area contributed by atoms with Gasteiger partial charge in [-0.2, -0.15) is 0 Å². The molecule has 1 heterocycles. The molecule has 0 radical (unpaired) electrons. The molecule has 2 heteroatoms. The van der Waals surface area contributed by atoms with Crippen molar-refractivity contribution in [1.29, 1.82) is 0 Å². The van der Waals surface area contributed by atoms with Crippen molar-refractivity contribution in [1.82, 2.24) is 5.32 Å². The minimum Gasteiger partial charge on any atom is -0.369 e. The highest BCUT2D eigenvalue weighted by molar-refractivity contribution is 4.94. The normalized spacial score (nSPS) is 40.9. The minimum atomic E-state index is 0.195. The molecule has 0 aromatic heterocycles. The first kappa shape index (κ1) is 13.9. The maximum Gasteiger partial charge on any atom is 0.0813 e. The third-order valence-electron chi connectivity index (χ3n) is 5.79. The van der Waals surface area contributed by atoms with Crippen LogP contribution in [0.25, 0.3) is 0 Å². The lowest BCUT2D eigenvalue weighted by atomic mass is 9.76. The maximum atomic E-state index is 6.65. The van der Waals surface area contributed by atoms with Crippen molar-refractivity contribution in [2.24, 2.45) is 11.8 Å². The van der Waals surface area contributed by atoms with E-state index in [1.807, 2.05) is 0 Å². The summed E-state index contributed by atoms with van der Waals surface area (Å²) in [5.74, 6) is 1.85. The summed E-state index contributed by atoms with van der Waals surface area (Å²) in [5, 5.41) is 3.69. The van der Waals surface area contributed by atoms with Gasteiger partial charge in [-0.25, -0.2) is 0 Å². The van der Waals surface area contributed by atoms with Crippen LogP contribution in [0, 0.1) is 11.8 Å². The molecule has 3 fully saturated rings. The molecule has 2 nitrogen and oxygen atoms in total. The zero-order valence-electron chi connectivity index (χ0n) is 12.6. The predicted molar refractivity (Wildman–Crippen MR) is 79.3 cm³/mol. The van der Waals surface area contributed by atoms with Gasteiger partial charge in [0.2, 0.25) is 0 Å². The van der Waals surface area contributed by atoms with Crippen LogP contribution < -0.4 is 5.32 Å². The molecule has 0 amide bonds. The first-order valence-electron chi connectivity index (χ1n) is 8.68. The fourth-order valence-electron chi connectivity index (χ4n) is 4.71. The topological polar surface area (TPSA) is 21.3 Å². The Hall–Kier alpha value is -0.0800. The molecule has 1 aliphatic heterocycles. The van der Waals surface area contributed by atoms with Gasteiger partial charge in [-0.3, -0.25) is 0 Å². The lowest BCUT2D eigenvalue weighted by Gasteiger charge is -2.47. The lowest BCUT2D eigenvalue weighted by Crippen LogP contribution is -2.56. The first-order chi connectivity index (χ1) is 9.30. The number of hydrogen-bond acceptors (Lipinski definition) is 2. The van der Waals surface area contributed by atoms with E-state index in [-0.39, 0.29) is 5.60 Å². The van der Waals surface area contributed by atoms with Gasteiger partial charge in [0.25, 0.3) is 0 Å². The van der Waals surface area contributed by atoms with Crippen LogP contribution in [0.15, 0.2) is 0 Å². The van der Waals surface area contributed by atoms with E-state index in [0.29, 0.717) is 6.10 Å². The molecule has 19 heavy (non-hydrogen) atoms. The maximum absolute atomic E-state index is 6.65. The van der Waals surface area contributed by atoms with Gasteiger partial charge in [0.15, 0.2) is 0 Å². The van der Waals surface area contributed by atoms with Crippen molar-refractivity contribution in [2.45, 2.75) is 82.8 Å².